The van der Waals surface area contributed by atoms with Crippen molar-refractivity contribution < 1.29 is 17.9 Å². The summed E-state index contributed by atoms with van der Waals surface area (Å²) in [5.74, 6) is -0.659. The minimum absolute atomic E-state index is 0.0684. The normalized spacial score (nSPS) is 13.1. The number of hydrogen-bond acceptors (Lipinski definition) is 4. The van der Waals surface area contributed by atoms with E-state index in [4.69, 9.17) is 0 Å². The van der Waals surface area contributed by atoms with E-state index in [0.717, 1.165) is 5.56 Å². The van der Waals surface area contributed by atoms with Crippen molar-refractivity contribution in [1.29, 1.82) is 0 Å². The Morgan fingerprint density at radius 1 is 1.29 bits per heavy atom. The SMILES string of the molecule is CCS(=O)(=O)c1ccc([C@@H](C)C(=O)OC)cc1. The number of methoxy groups -OCH3 is 1. The first-order chi connectivity index (χ1) is 7.92. The fourth-order valence-electron chi connectivity index (χ4n) is 1.44. The van der Waals surface area contributed by atoms with Gasteiger partial charge < -0.3 is 4.74 Å². The van der Waals surface area contributed by atoms with Crippen LogP contribution in [0.4, 0.5) is 0 Å². The Kier molecular flexibility index (Phi) is 4.28. The van der Waals surface area contributed by atoms with Gasteiger partial charge in [-0.15, -0.1) is 0 Å². The lowest BCUT2D eigenvalue weighted by molar-refractivity contribution is -0.141. The standard InChI is InChI=1S/C12H16O4S/c1-4-17(14,15)11-7-5-10(6-8-11)9(2)12(13)16-3/h5-9H,4H2,1-3H3/t9-/m1/s1. The van der Waals surface area contributed by atoms with E-state index in [1.54, 1.807) is 26.0 Å². The van der Waals surface area contributed by atoms with Crippen molar-refractivity contribution in [3.63, 3.8) is 0 Å². The number of benzene rings is 1. The van der Waals surface area contributed by atoms with Gasteiger partial charge in [-0.1, -0.05) is 19.1 Å². The molecule has 1 rings (SSSR count). The zero-order chi connectivity index (χ0) is 13.1. The molecule has 0 saturated heterocycles. The lowest BCUT2D eigenvalue weighted by Gasteiger charge is -2.10. The van der Waals surface area contributed by atoms with Crippen molar-refractivity contribution in [2.45, 2.75) is 24.7 Å². The molecule has 5 heteroatoms. The van der Waals surface area contributed by atoms with Crippen molar-refractivity contribution >= 4 is 15.8 Å². The number of esters is 1. The average molecular weight is 256 g/mol. The van der Waals surface area contributed by atoms with E-state index in [0.29, 0.717) is 0 Å². The van der Waals surface area contributed by atoms with Gasteiger partial charge in [0, 0.05) is 0 Å². The minimum Gasteiger partial charge on any atom is -0.469 e. The summed E-state index contributed by atoms with van der Waals surface area (Å²) in [6, 6.07) is 6.33. The minimum atomic E-state index is -3.18. The molecule has 17 heavy (non-hydrogen) atoms. The van der Waals surface area contributed by atoms with Crippen LogP contribution >= 0.6 is 0 Å². The lowest BCUT2D eigenvalue weighted by Crippen LogP contribution is -2.11. The molecular formula is C12H16O4S. The second-order valence-corrected chi connectivity index (χ2v) is 6.00. The molecule has 94 valence electrons. The summed E-state index contributed by atoms with van der Waals surface area (Å²) in [6.07, 6.45) is 0. The first kappa shape index (κ1) is 13.7. The Hall–Kier alpha value is -1.36. The van der Waals surface area contributed by atoms with Crippen LogP contribution in [0.15, 0.2) is 29.2 Å². The molecule has 0 unspecified atom stereocenters. The van der Waals surface area contributed by atoms with Crippen LogP contribution in [0.25, 0.3) is 0 Å². The van der Waals surface area contributed by atoms with E-state index in [2.05, 4.69) is 4.74 Å². The Labute approximate surface area is 102 Å². The van der Waals surface area contributed by atoms with Gasteiger partial charge in [0.2, 0.25) is 0 Å². The molecule has 0 saturated carbocycles. The predicted molar refractivity (Wildman–Crippen MR) is 64.6 cm³/mol. The molecule has 1 aromatic carbocycles. The topological polar surface area (TPSA) is 60.4 Å². The van der Waals surface area contributed by atoms with Crippen LogP contribution in [-0.2, 0) is 19.4 Å². The summed E-state index contributed by atoms with van der Waals surface area (Å²) in [7, 11) is -1.85. The van der Waals surface area contributed by atoms with E-state index >= 15 is 0 Å². The second kappa shape index (κ2) is 5.31. The van der Waals surface area contributed by atoms with Crippen LogP contribution in [-0.4, -0.2) is 27.2 Å². The summed E-state index contributed by atoms with van der Waals surface area (Å²) in [4.78, 5) is 11.6. The molecule has 0 aliphatic heterocycles. The summed E-state index contributed by atoms with van der Waals surface area (Å²) >= 11 is 0. The summed E-state index contributed by atoms with van der Waals surface area (Å²) in [6.45, 7) is 3.31. The highest BCUT2D eigenvalue weighted by molar-refractivity contribution is 7.91. The highest BCUT2D eigenvalue weighted by atomic mass is 32.2. The van der Waals surface area contributed by atoms with E-state index in [1.807, 2.05) is 0 Å². The van der Waals surface area contributed by atoms with Crippen LogP contribution in [0.5, 0.6) is 0 Å². The first-order valence-electron chi connectivity index (χ1n) is 5.33. The van der Waals surface area contributed by atoms with Crippen molar-refractivity contribution in [2.75, 3.05) is 12.9 Å². The van der Waals surface area contributed by atoms with Gasteiger partial charge in [0.1, 0.15) is 0 Å². The molecule has 0 radical (unpaired) electrons. The number of ether oxygens (including phenoxy) is 1. The Morgan fingerprint density at radius 3 is 2.24 bits per heavy atom. The molecule has 0 fully saturated rings. The molecule has 0 aromatic heterocycles. The number of rotatable bonds is 4. The molecule has 0 spiro atoms. The second-order valence-electron chi connectivity index (χ2n) is 3.72. The zero-order valence-electron chi connectivity index (χ0n) is 10.1. The quantitative estimate of drug-likeness (QED) is 0.770. The van der Waals surface area contributed by atoms with E-state index in [-0.39, 0.29) is 16.6 Å². The molecule has 0 aliphatic carbocycles. The molecule has 0 N–H and O–H groups in total. The van der Waals surface area contributed by atoms with Crippen molar-refractivity contribution in [3.8, 4) is 0 Å². The molecular weight excluding hydrogens is 240 g/mol. The van der Waals surface area contributed by atoms with Gasteiger partial charge in [0.25, 0.3) is 0 Å². The number of sulfone groups is 1. The van der Waals surface area contributed by atoms with Crippen molar-refractivity contribution in [1.82, 2.24) is 0 Å². The third kappa shape index (κ3) is 3.06. The molecule has 1 atom stereocenters. The Bertz CT molecular complexity index is 488. The monoisotopic (exact) mass is 256 g/mol. The maximum absolute atomic E-state index is 11.6. The average Bonchev–Trinajstić information content (AvgIpc) is 2.37. The highest BCUT2D eigenvalue weighted by Crippen LogP contribution is 2.19. The molecule has 0 bridgehead atoms. The van der Waals surface area contributed by atoms with Crippen LogP contribution in [0.3, 0.4) is 0 Å². The zero-order valence-corrected chi connectivity index (χ0v) is 11.0. The molecule has 4 nitrogen and oxygen atoms in total. The van der Waals surface area contributed by atoms with Crippen molar-refractivity contribution in [2.24, 2.45) is 0 Å². The van der Waals surface area contributed by atoms with Gasteiger partial charge in [-0.3, -0.25) is 4.79 Å². The number of hydrogen-bond donors (Lipinski definition) is 0. The molecule has 0 amide bonds. The summed E-state index contributed by atoms with van der Waals surface area (Å²) in [5.41, 5.74) is 0.743. The Morgan fingerprint density at radius 2 is 1.82 bits per heavy atom. The van der Waals surface area contributed by atoms with E-state index in [9.17, 15) is 13.2 Å². The molecule has 1 aromatic rings. The predicted octanol–water partition coefficient (Wildman–Crippen LogP) is 1.76. The van der Waals surface area contributed by atoms with E-state index < -0.39 is 15.8 Å². The molecule has 0 heterocycles. The van der Waals surface area contributed by atoms with Crippen LogP contribution < -0.4 is 0 Å². The fraction of sp³-hybridized carbons (Fsp3) is 0.417. The van der Waals surface area contributed by atoms with Gasteiger partial charge in [-0.25, -0.2) is 8.42 Å². The first-order valence-corrected chi connectivity index (χ1v) is 6.98. The van der Waals surface area contributed by atoms with Crippen LogP contribution in [0.1, 0.15) is 25.3 Å². The van der Waals surface area contributed by atoms with E-state index in [1.165, 1.54) is 19.2 Å². The third-order valence-corrected chi connectivity index (χ3v) is 4.42. The summed E-state index contributed by atoms with van der Waals surface area (Å²) < 4.78 is 27.8. The maximum atomic E-state index is 11.6. The smallest absolute Gasteiger partial charge is 0.312 e. The van der Waals surface area contributed by atoms with Crippen LogP contribution in [0, 0.1) is 0 Å². The summed E-state index contributed by atoms with van der Waals surface area (Å²) in [5, 5.41) is 0. The Balaban J connectivity index is 3.00. The van der Waals surface area contributed by atoms with Gasteiger partial charge in [-0.05, 0) is 24.6 Å². The third-order valence-electron chi connectivity index (χ3n) is 2.67. The van der Waals surface area contributed by atoms with Crippen molar-refractivity contribution in [3.05, 3.63) is 29.8 Å². The van der Waals surface area contributed by atoms with Gasteiger partial charge in [0.05, 0.1) is 23.7 Å². The molecule has 0 aliphatic rings. The fourth-order valence-corrected chi connectivity index (χ4v) is 2.33. The van der Waals surface area contributed by atoms with Crippen LogP contribution in [0.2, 0.25) is 0 Å². The lowest BCUT2D eigenvalue weighted by atomic mass is 10.0. The largest absolute Gasteiger partial charge is 0.469 e. The highest BCUT2D eigenvalue weighted by Gasteiger charge is 2.17. The van der Waals surface area contributed by atoms with Gasteiger partial charge in [0.15, 0.2) is 9.84 Å². The van der Waals surface area contributed by atoms with Gasteiger partial charge >= 0.3 is 5.97 Å². The number of carbonyl (C=O) groups excluding carboxylic acids is 1. The number of carbonyl (C=O) groups is 1. The van der Waals surface area contributed by atoms with Gasteiger partial charge in [-0.2, -0.15) is 0 Å². The maximum Gasteiger partial charge on any atom is 0.312 e.